The second kappa shape index (κ2) is 6.72. The molecule has 0 bridgehead atoms. The van der Waals surface area contributed by atoms with Gasteiger partial charge in [-0.1, -0.05) is 22.9 Å². The highest BCUT2D eigenvalue weighted by Gasteiger charge is 2.36. The quantitative estimate of drug-likeness (QED) is 0.646. The molecule has 2 N–H and O–H groups in total. The van der Waals surface area contributed by atoms with Gasteiger partial charge in [0.1, 0.15) is 5.56 Å². The summed E-state index contributed by atoms with van der Waals surface area (Å²) in [7, 11) is 0. The SMILES string of the molecule is CC1(CN)CCN(C(=O)c2ccc(Br)cc2[N+](=O)[O-])C1.Cl. The molecule has 1 aliphatic rings. The first-order chi connectivity index (χ1) is 9.36. The Hall–Kier alpha value is -1.18. The van der Waals surface area contributed by atoms with Crippen LogP contribution in [0.5, 0.6) is 0 Å². The minimum atomic E-state index is -0.532. The maximum absolute atomic E-state index is 12.5. The molecular weight excluding hydrogens is 362 g/mol. The molecule has 21 heavy (non-hydrogen) atoms. The molecule has 0 aromatic heterocycles. The van der Waals surface area contributed by atoms with Crippen molar-refractivity contribution in [1.29, 1.82) is 0 Å². The number of nitro benzene ring substituents is 1. The van der Waals surface area contributed by atoms with Gasteiger partial charge in [0, 0.05) is 23.6 Å². The Morgan fingerprint density at radius 3 is 2.76 bits per heavy atom. The summed E-state index contributed by atoms with van der Waals surface area (Å²) in [6.45, 7) is 3.64. The van der Waals surface area contributed by atoms with Crippen LogP contribution in [0.15, 0.2) is 22.7 Å². The molecule has 1 aromatic carbocycles. The molecule has 8 heteroatoms. The average Bonchev–Trinajstić information content (AvgIpc) is 2.81. The number of carbonyl (C=O) groups excluding carboxylic acids is 1. The van der Waals surface area contributed by atoms with Crippen LogP contribution in [0.3, 0.4) is 0 Å². The number of carbonyl (C=O) groups is 1. The van der Waals surface area contributed by atoms with E-state index in [1.54, 1.807) is 11.0 Å². The van der Waals surface area contributed by atoms with Crippen molar-refractivity contribution in [1.82, 2.24) is 4.90 Å². The smallest absolute Gasteiger partial charge is 0.283 e. The Labute approximate surface area is 137 Å². The summed E-state index contributed by atoms with van der Waals surface area (Å²) in [5.41, 5.74) is 5.57. The van der Waals surface area contributed by atoms with Crippen molar-refractivity contribution >= 4 is 39.9 Å². The van der Waals surface area contributed by atoms with E-state index in [0.29, 0.717) is 24.1 Å². The lowest BCUT2D eigenvalue weighted by molar-refractivity contribution is -0.385. The molecule has 0 saturated carbocycles. The number of likely N-dealkylation sites (tertiary alicyclic amines) is 1. The molecule has 1 fully saturated rings. The van der Waals surface area contributed by atoms with Gasteiger partial charge in [0.15, 0.2) is 0 Å². The average molecular weight is 379 g/mol. The summed E-state index contributed by atoms with van der Waals surface area (Å²) < 4.78 is 0.578. The van der Waals surface area contributed by atoms with Crippen LogP contribution in [0.2, 0.25) is 0 Å². The number of benzene rings is 1. The summed E-state index contributed by atoms with van der Waals surface area (Å²) in [6, 6.07) is 4.48. The molecule has 1 aromatic rings. The van der Waals surface area contributed by atoms with Crippen LogP contribution < -0.4 is 5.73 Å². The molecule has 1 saturated heterocycles. The minimum Gasteiger partial charge on any atom is -0.338 e. The monoisotopic (exact) mass is 377 g/mol. The lowest BCUT2D eigenvalue weighted by Gasteiger charge is -2.22. The standard InChI is InChI=1S/C13H16BrN3O3.ClH/c1-13(7-15)4-5-16(8-13)12(18)10-3-2-9(14)6-11(10)17(19)20;/h2-3,6H,4-5,7-8,15H2,1H3;1H. The molecule has 1 atom stereocenters. The van der Waals surface area contributed by atoms with Gasteiger partial charge in [-0.05, 0) is 30.5 Å². The fraction of sp³-hybridized carbons (Fsp3) is 0.462. The van der Waals surface area contributed by atoms with E-state index < -0.39 is 4.92 Å². The van der Waals surface area contributed by atoms with Gasteiger partial charge in [0.05, 0.1) is 4.92 Å². The lowest BCUT2D eigenvalue weighted by Crippen LogP contribution is -2.34. The van der Waals surface area contributed by atoms with Gasteiger partial charge in [-0.3, -0.25) is 14.9 Å². The van der Waals surface area contributed by atoms with Gasteiger partial charge in [0.25, 0.3) is 11.6 Å². The van der Waals surface area contributed by atoms with E-state index in [9.17, 15) is 14.9 Å². The number of nitrogens with two attached hydrogens (primary N) is 1. The number of halogens is 2. The van der Waals surface area contributed by atoms with E-state index in [2.05, 4.69) is 15.9 Å². The zero-order valence-electron chi connectivity index (χ0n) is 11.5. The Bertz CT molecular complexity index is 570. The normalized spacial score (nSPS) is 21.0. The fourth-order valence-corrected chi connectivity index (χ4v) is 2.72. The van der Waals surface area contributed by atoms with Crippen LogP contribution >= 0.6 is 28.3 Å². The number of nitro groups is 1. The number of amides is 1. The third-order valence-electron chi connectivity index (χ3n) is 3.72. The molecule has 1 heterocycles. The molecule has 0 aliphatic carbocycles. The molecule has 1 unspecified atom stereocenters. The predicted molar refractivity (Wildman–Crippen MR) is 85.7 cm³/mol. The van der Waals surface area contributed by atoms with E-state index in [4.69, 9.17) is 5.73 Å². The van der Waals surface area contributed by atoms with Crippen LogP contribution in [0.4, 0.5) is 5.69 Å². The largest absolute Gasteiger partial charge is 0.338 e. The van der Waals surface area contributed by atoms with Crippen molar-refractivity contribution in [3.63, 3.8) is 0 Å². The molecular formula is C13H17BrClN3O3. The van der Waals surface area contributed by atoms with Crippen LogP contribution in [0.25, 0.3) is 0 Å². The van der Waals surface area contributed by atoms with Crippen molar-refractivity contribution in [3.05, 3.63) is 38.3 Å². The third kappa shape index (κ3) is 3.72. The second-order valence-corrected chi connectivity index (χ2v) is 6.33. The van der Waals surface area contributed by atoms with Crippen LogP contribution in [-0.4, -0.2) is 35.4 Å². The van der Waals surface area contributed by atoms with E-state index in [0.717, 1.165) is 6.42 Å². The van der Waals surface area contributed by atoms with Crippen molar-refractivity contribution in [2.24, 2.45) is 11.1 Å². The summed E-state index contributed by atoms with van der Waals surface area (Å²) in [6.07, 6.45) is 0.819. The molecule has 1 aliphatic heterocycles. The van der Waals surface area contributed by atoms with Crippen LogP contribution in [-0.2, 0) is 0 Å². The number of rotatable bonds is 3. The Morgan fingerprint density at radius 1 is 1.57 bits per heavy atom. The van der Waals surface area contributed by atoms with Crippen molar-refractivity contribution in [2.45, 2.75) is 13.3 Å². The van der Waals surface area contributed by atoms with Crippen molar-refractivity contribution in [2.75, 3.05) is 19.6 Å². The zero-order chi connectivity index (χ0) is 14.9. The van der Waals surface area contributed by atoms with E-state index in [-0.39, 0.29) is 35.0 Å². The molecule has 0 radical (unpaired) electrons. The summed E-state index contributed by atoms with van der Waals surface area (Å²) in [4.78, 5) is 24.6. The first kappa shape index (κ1) is 17.9. The fourth-order valence-electron chi connectivity index (χ4n) is 2.37. The molecule has 6 nitrogen and oxygen atoms in total. The highest BCUT2D eigenvalue weighted by atomic mass is 79.9. The number of hydrogen-bond acceptors (Lipinski definition) is 4. The van der Waals surface area contributed by atoms with Gasteiger partial charge >= 0.3 is 0 Å². The van der Waals surface area contributed by atoms with Gasteiger partial charge < -0.3 is 10.6 Å². The minimum absolute atomic E-state index is 0. The summed E-state index contributed by atoms with van der Waals surface area (Å²) >= 11 is 3.18. The first-order valence-corrected chi connectivity index (χ1v) is 7.09. The van der Waals surface area contributed by atoms with Gasteiger partial charge in [-0.2, -0.15) is 0 Å². The van der Waals surface area contributed by atoms with Crippen molar-refractivity contribution in [3.8, 4) is 0 Å². The Kier molecular flexibility index (Phi) is 5.72. The van der Waals surface area contributed by atoms with Gasteiger partial charge in [0.2, 0.25) is 0 Å². The van der Waals surface area contributed by atoms with Crippen LogP contribution in [0.1, 0.15) is 23.7 Å². The Morgan fingerprint density at radius 2 is 2.24 bits per heavy atom. The molecule has 0 spiro atoms. The van der Waals surface area contributed by atoms with Crippen molar-refractivity contribution < 1.29 is 9.72 Å². The summed E-state index contributed by atoms with van der Waals surface area (Å²) in [5, 5.41) is 11.1. The lowest BCUT2D eigenvalue weighted by atomic mass is 9.90. The van der Waals surface area contributed by atoms with Gasteiger partial charge in [-0.25, -0.2) is 0 Å². The van der Waals surface area contributed by atoms with Gasteiger partial charge in [-0.15, -0.1) is 12.4 Å². The highest BCUT2D eigenvalue weighted by Crippen LogP contribution is 2.31. The third-order valence-corrected chi connectivity index (χ3v) is 4.22. The molecule has 2 rings (SSSR count). The van der Waals surface area contributed by atoms with E-state index in [1.165, 1.54) is 12.1 Å². The number of nitrogens with zero attached hydrogens (tertiary/aromatic N) is 2. The summed E-state index contributed by atoms with van der Waals surface area (Å²) in [5.74, 6) is -0.304. The maximum Gasteiger partial charge on any atom is 0.283 e. The molecule has 116 valence electrons. The topological polar surface area (TPSA) is 89.5 Å². The number of hydrogen-bond donors (Lipinski definition) is 1. The maximum atomic E-state index is 12.5. The van der Waals surface area contributed by atoms with E-state index in [1.807, 2.05) is 6.92 Å². The second-order valence-electron chi connectivity index (χ2n) is 5.41. The Balaban J connectivity index is 0.00000220. The van der Waals surface area contributed by atoms with Crippen LogP contribution in [0, 0.1) is 15.5 Å². The van der Waals surface area contributed by atoms with E-state index >= 15 is 0 Å². The predicted octanol–water partition coefficient (Wildman–Crippen LogP) is 2.59. The first-order valence-electron chi connectivity index (χ1n) is 6.29. The zero-order valence-corrected chi connectivity index (χ0v) is 13.9. The molecule has 1 amide bonds. The highest BCUT2D eigenvalue weighted by molar-refractivity contribution is 9.10.